The van der Waals surface area contributed by atoms with Crippen molar-refractivity contribution in [3.63, 3.8) is 0 Å². The molecular formula is C8H8O4. The van der Waals surface area contributed by atoms with Gasteiger partial charge in [0.25, 0.3) is 0 Å². The van der Waals surface area contributed by atoms with Gasteiger partial charge in [-0.3, -0.25) is 4.79 Å². The molecule has 4 heteroatoms. The van der Waals surface area contributed by atoms with Crippen LogP contribution in [-0.4, -0.2) is 21.3 Å². The first-order chi connectivity index (χ1) is 5.54. The molecular weight excluding hydrogens is 160 g/mol. The van der Waals surface area contributed by atoms with Gasteiger partial charge in [0, 0.05) is 5.57 Å². The van der Waals surface area contributed by atoms with Crippen molar-refractivity contribution in [3.05, 3.63) is 35.8 Å². The summed E-state index contributed by atoms with van der Waals surface area (Å²) < 4.78 is 0. The molecule has 1 aliphatic carbocycles. The van der Waals surface area contributed by atoms with Gasteiger partial charge < -0.3 is 15.3 Å². The average Bonchev–Trinajstić information content (AvgIpc) is 2.00. The Morgan fingerprint density at radius 3 is 2.58 bits per heavy atom. The van der Waals surface area contributed by atoms with Crippen molar-refractivity contribution in [2.24, 2.45) is 5.92 Å². The predicted octanol–water partition coefficient (Wildman–Crippen LogP) is 1.14. The third-order valence-corrected chi connectivity index (χ3v) is 1.63. The lowest BCUT2D eigenvalue weighted by molar-refractivity contribution is -0.139. The maximum absolute atomic E-state index is 10.5. The first-order valence-electron chi connectivity index (χ1n) is 3.26. The van der Waals surface area contributed by atoms with Gasteiger partial charge in [-0.25, -0.2) is 0 Å². The third-order valence-electron chi connectivity index (χ3n) is 1.63. The summed E-state index contributed by atoms with van der Waals surface area (Å²) in [6, 6.07) is 0. The van der Waals surface area contributed by atoms with Crippen LogP contribution in [0.1, 0.15) is 0 Å². The number of carbonyl (C=O) groups is 1. The largest absolute Gasteiger partial charge is 0.504 e. The van der Waals surface area contributed by atoms with Crippen molar-refractivity contribution < 1.29 is 20.1 Å². The quantitative estimate of drug-likeness (QED) is 0.548. The van der Waals surface area contributed by atoms with Gasteiger partial charge in [-0.2, -0.15) is 0 Å². The fourth-order valence-electron chi connectivity index (χ4n) is 0.926. The second-order valence-corrected chi connectivity index (χ2v) is 2.43. The summed E-state index contributed by atoms with van der Waals surface area (Å²) >= 11 is 0. The van der Waals surface area contributed by atoms with Gasteiger partial charge in [0.05, 0.1) is 0 Å². The summed E-state index contributed by atoms with van der Waals surface area (Å²) in [5.41, 5.74) is 0.00231. The molecule has 0 saturated carbocycles. The fourth-order valence-corrected chi connectivity index (χ4v) is 0.926. The molecule has 0 heterocycles. The monoisotopic (exact) mass is 168 g/mol. The molecule has 0 spiro atoms. The molecule has 1 rings (SSSR count). The van der Waals surface area contributed by atoms with E-state index >= 15 is 0 Å². The molecule has 0 aromatic rings. The Morgan fingerprint density at radius 1 is 1.50 bits per heavy atom. The van der Waals surface area contributed by atoms with Crippen LogP contribution in [0.4, 0.5) is 0 Å². The van der Waals surface area contributed by atoms with Crippen LogP contribution in [0, 0.1) is 5.92 Å². The molecule has 0 fully saturated rings. The summed E-state index contributed by atoms with van der Waals surface area (Å²) in [6.07, 6.45) is 2.41. The Bertz CT molecular complexity index is 298. The molecule has 0 saturated heterocycles. The zero-order valence-electron chi connectivity index (χ0n) is 6.19. The Hall–Kier alpha value is -1.71. The molecule has 1 atom stereocenters. The van der Waals surface area contributed by atoms with Gasteiger partial charge in [0.15, 0.2) is 11.5 Å². The highest BCUT2D eigenvalue weighted by atomic mass is 16.4. The van der Waals surface area contributed by atoms with Crippen LogP contribution < -0.4 is 0 Å². The van der Waals surface area contributed by atoms with Gasteiger partial charge in [0.2, 0.25) is 0 Å². The van der Waals surface area contributed by atoms with E-state index in [0.29, 0.717) is 0 Å². The van der Waals surface area contributed by atoms with Gasteiger partial charge in [-0.1, -0.05) is 12.7 Å². The van der Waals surface area contributed by atoms with Crippen LogP contribution in [0.2, 0.25) is 0 Å². The van der Waals surface area contributed by atoms with Crippen molar-refractivity contribution in [1.82, 2.24) is 0 Å². The minimum Gasteiger partial charge on any atom is -0.504 e. The number of aliphatic hydroxyl groups excluding tert-OH is 2. The topological polar surface area (TPSA) is 77.8 Å². The van der Waals surface area contributed by atoms with Crippen LogP contribution >= 0.6 is 0 Å². The molecule has 0 aromatic heterocycles. The first-order valence-corrected chi connectivity index (χ1v) is 3.26. The summed E-state index contributed by atoms with van der Waals surface area (Å²) in [5, 5.41) is 26.6. The van der Waals surface area contributed by atoms with E-state index in [4.69, 9.17) is 15.3 Å². The van der Waals surface area contributed by atoms with Crippen molar-refractivity contribution in [3.8, 4) is 0 Å². The second-order valence-electron chi connectivity index (χ2n) is 2.43. The Balaban J connectivity index is 3.01. The highest BCUT2D eigenvalue weighted by Gasteiger charge is 2.25. The van der Waals surface area contributed by atoms with Crippen molar-refractivity contribution in [1.29, 1.82) is 0 Å². The number of allylic oxidation sites excluding steroid dienone is 2. The van der Waals surface area contributed by atoms with Crippen molar-refractivity contribution >= 4 is 5.97 Å². The van der Waals surface area contributed by atoms with Crippen LogP contribution in [-0.2, 0) is 4.79 Å². The number of rotatable bonds is 1. The maximum Gasteiger partial charge on any atom is 0.314 e. The number of hydrogen-bond acceptors (Lipinski definition) is 3. The lowest BCUT2D eigenvalue weighted by Gasteiger charge is -2.15. The highest BCUT2D eigenvalue weighted by molar-refractivity contribution is 5.78. The molecule has 64 valence electrons. The molecule has 0 amide bonds. The van der Waals surface area contributed by atoms with E-state index in [1.165, 1.54) is 6.08 Å². The van der Waals surface area contributed by atoms with E-state index in [2.05, 4.69) is 6.58 Å². The summed E-state index contributed by atoms with van der Waals surface area (Å²) in [4.78, 5) is 10.5. The SMILES string of the molecule is C=C1C(O)=C(O)C=CC1C(=O)O. The number of carboxylic acids is 1. The molecule has 3 N–H and O–H groups in total. The van der Waals surface area contributed by atoms with Crippen molar-refractivity contribution in [2.75, 3.05) is 0 Å². The molecule has 1 aliphatic rings. The highest BCUT2D eigenvalue weighted by Crippen LogP contribution is 2.25. The first kappa shape index (κ1) is 8.39. The van der Waals surface area contributed by atoms with Crippen LogP contribution in [0.5, 0.6) is 0 Å². The lowest BCUT2D eigenvalue weighted by atomic mass is 9.94. The van der Waals surface area contributed by atoms with Gasteiger partial charge >= 0.3 is 5.97 Å². The smallest absolute Gasteiger partial charge is 0.314 e. The van der Waals surface area contributed by atoms with E-state index in [9.17, 15) is 4.79 Å². The standard InChI is InChI=1S/C8H8O4/c1-4-5(8(11)12)2-3-6(9)7(4)10/h2-3,5,9-10H,1H2,(H,11,12). The molecule has 12 heavy (non-hydrogen) atoms. The van der Waals surface area contributed by atoms with Gasteiger partial charge in [-0.05, 0) is 6.08 Å². The lowest BCUT2D eigenvalue weighted by Crippen LogP contribution is -2.17. The van der Waals surface area contributed by atoms with Crippen LogP contribution in [0.3, 0.4) is 0 Å². The molecule has 4 nitrogen and oxygen atoms in total. The summed E-state index contributed by atoms with van der Waals surface area (Å²) in [7, 11) is 0. The van der Waals surface area contributed by atoms with Crippen molar-refractivity contribution in [2.45, 2.75) is 0 Å². The third kappa shape index (κ3) is 1.18. The molecule has 1 unspecified atom stereocenters. The number of carboxylic acid groups (broad SMARTS) is 1. The minimum absolute atomic E-state index is 0.00231. The number of aliphatic carboxylic acids is 1. The summed E-state index contributed by atoms with van der Waals surface area (Å²) in [5.74, 6) is -2.85. The second kappa shape index (κ2) is 2.73. The van der Waals surface area contributed by atoms with E-state index in [-0.39, 0.29) is 11.3 Å². The predicted molar refractivity (Wildman–Crippen MR) is 41.7 cm³/mol. The van der Waals surface area contributed by atoms with Crippen LogP contribution in [0.15, 0.2) is 35.8 Å². The molecule has 0 aromatic carbocycles. The maximum atomic E-state index is 10.5. The number of aliphatic hydroxyl groups is 2. The van der Waals surface area contributed by atoms with E-state index in [1.807, 2.05) is 0 Å². The minimum atomic E-state index is -1.10. The molecule has 0 aliphatic heterocycles. The average molecular weight is 168 g/mol. The Morgan fingerprint density at radius 2 is 2.08 bits per heavy atom. The Labute approximate surface area is 68.8 Å². The Kier molecular flexibility index (Phi) is 1.91. The zero-order valence-corrected chi connectivity index (χ0v) is 6.19. The van der Waals surface area contributed by atoms with Crippen LogP contribution in [0.25, 0.3) is 0 Å². The fraction of sp³-hybridized carbons (Fsp3) is 0.125. The molecule has 0 bridgehead atoms. The molecule has 0 radical (unpaired) electrons. The van der Waals surface area contributed by atoms with E-state index in [0.717, 1.165) is 6.08 Å². The van der Waals surface area contributed by atoms with E-state index < -0.39 is 17.6 Å². The van der Waals surface area contributed by atoms with E-state index in [1.54, 1.807) is 0 Å². The summed E-state index contributed by atoms with van der Waals surface area (Å²) in [6.45, 7) is 3.35. The normalized spacial score (nSPS) is 23.0. The van der Waals surface area contributed by atoms with Gasteiger partial charge in [-0.15, -0.1) is 0 Å². The zero-order chi connectivity index (χ0) is 9.30. The van der Waals surface area contributed by atoms with Gasteiger partial charge in [0.1, 0.15) is 5.92 Å². The number of hydrogen-bond donors (Lipinski definition) is 3.